The SMILES string of the molecule is O=C(Nc1ccc2c(c1)CNC2)c1cc(Cl)cc2[nH]c(-c3nc4c(s3)CCC4)nc12. The lowest BCUT2D eigenvalue weighted by molar-refractivity contribution is 0.102. The molecule has 1 amide bonds. The van der Waals surface area contributed by atoms with Crippen LogP contribution in [0.4, 0.5) is 5.69 Å². The van der Waals surface area contributed by atoms with E-state index in [-0.39, 0.29) is 5.91 Å². The highest BCUT2D eigenvalue weighted by Gasteiger charge is 2.21. The number of nitrogens with one attached hydrogen (secondary N) is 3. The van der Waals surface area contributed by atoms with Crippen molar-refractivity contribution in [2.75, 3.05) is 5.32 Å². The van der Waals surface area contributed by atoms with Crippen LogP contribution >= 0.6 is 22.9 Å². The van der Waals surface area contributed by atoms with Crippen LogP contribution < -0.4 is 10.6 Å². The molecule has 0 saturated heterocycles. The van der Waals surface area contributed by atoms with Crippen LogP contribution in [-0.2, 0) is 25.9 Å². The molecule has 150 valence electrons. The number of hydrogen-bond donors (Lipinski definition) is 3. The van der Waals surface area contributed by atoms with E-state index in [1.165, 1.54) is 28.1 Å². The zero-order chi connectivity index (χ0) is 20.2. The monoisotopic (exact) mass is 435 g/mol. The second-order valence-corrected chi connectivity index (χ2v) is 9.24. The van der Waals surface area contributed by atoms with E-state index in [9.17, 15) is 4.79 Å². The third kappa shape index (κ3) is 3.01. The third-order valence-electron chi connectivity index (χ3n) is 5.69. The summed E-state index contributed by atoms with van der Waals surface area (Å²) in [5.74, 6) is 0.456. The van der Waals surface area contributed by atoms with Gasteiger partial charge in [0.15, 0.2) is 10.8 Å². The van der Waals surface area contributed by atoms with E-state index >= 15 is 0 Å². The lowest BCUT2D eigenvalue weighted by Crippen LogP contribution is -2.13. The summed E-state index contributed by atoms with van der Waals surface area (Å²) in [5, 5.41) is 7.66. The molecule has 6 rings (SSSR count). The van der Waals surface area contributed by atoms with Gasteiger partial charge in [-0.2, -0.15) is 0 Å². The van der Waals surface area contributed by atoms with Gasteiger partial charge in [-0.15, -0.1) is 11.3 Å². The van der Waals surface area contributed by atoms with Crippen molar-refractivity contribution in [1.82, 2.24) is 20.3 Å². The third-order valence-corrected chi connectivity index (χ3v) is 7.07. The Morgan fingerprint density at radius 3 is 2.90 bits per heavy atom. The van der Waals surface area contributed by atoms with Gasteiger partial charge in [0.2, 0.25) is 0 Å². The van der Waals surface area contributed by atoms with Gasteiger partial charge in [-0.1, -0.05) is 17.7 Å². The maximum Gasteiger partial charge on any atom is 0.257 e. The molecule has 6 nitrogen and oxygen atoms in total. The normalized spacial score (nSPS) is 14.8. The summed E-state index contributed by atoms with van der Waals surface area (Å²) < 4.78 is 0. The van der Waals surface area contributed by atoms with Gasteiger partial charge in [-0.3, -0.25) is 4.79 Å². The second kappa shape index (κ2) is 6.91. The van der Waals surface area contributed by atoms with Crippen molar-refractivity contribution in [3.05, 3.63) is 62.6 Å². The van der Waals surface area contributed by atoms with Crippen molar-refractivity contribution in [1.29, 1.82) is 0 Å². The first kappa shape index (κ1) is 18.1. The average molecular weight is 436 g/mol. The molecule has 1 aliphatic heterocycles. The molecule has 8 heteroatoms. The Hall–Kier alpha value is -2.74. The lowest BCUT2D eigenvalue weighted by Gasteiger charge is -2.08. The first-order valence-corrected chi connectivity index (χ1v) is 11.2. The number of aromatic amines is 1. The highest BCUT2D eigenvalue weighted by Crippen LogP contribution is 2.34. The molecule has 0 spiro atoms. The van der Waals surface area contributed by atoms with Gasteiger partial charge >= 0.3 is 0 Å². The van der Waals surface area contributed by atoms with E-state index in [4.69, 9.17) is 21.6 Å². The average Bonchev–Trinajstić information content (AvgIpc) is 3.48. The van der Waals surface area contributed by atoms with Crippen LogP contribution in [-0.4, -0.2) is 20.9 Å². The number of anilines is 1. The molecule has 2 aromatic heterocycles. The number of fused-ring (bicyclic) bond motifs is 3. The molecule has 0 fully saturated rings. The minimum Gasteiger partial charge on any atom is -0.336 e. The van der Waals surface area contributed by atoms with Gasteiger partial charge in [-0.05, 0) is 54.7 Å². The number of aromatic nitrogens is 3. The fourth-order valence-electron chi connectivity index (χ4n) is 4.22. The van der Waals surface area contributed by atoms with Crippen LogP contribution in [0.15, 0.2) is 30.3 Å². The fourth-order valence-corrected chi connectivity index (χ4v) is 5.53. The highest BCUT2D eigenvalue weighted by molar-refractivity contribution is 7.15. The number of hydrogen-bond acceptors (Lipinski definition) is 5. The molecule has 3 heterocycles. The van der Waals surface area contributed by atoms with Crippen LogP contribution in [0.2, 0.25) is 5.02 Å². The van der Waals surface area contributed by atoms with Gasteiger partial charge in [0, 0.05) is 28.7 Å². The van der Waals surface area contributed by atoms with Crippen molar-refractivity contribution in [2.24, 2.45) is 0 Å². The molecular weight excluding hydrogens is 418 g/mol. The van der Waals surface area contributed by atoms with Gasteiger partial charge in [0.1, 0.15) is 5.52 Å². The number of amides is 1. The summed E-state index contributed by atoms with van der Waals surface area (Å²) in [7, 11) is 0. The summed E-state index contributed by atoms with van der Waals surface area (Å²) in [6.45, 7) is 1.69. The number of benzene rings is 2. The van der Waals surface area contributed by atoms with Crippen molar-refractivity contribution in [2.45, 2.75) is 32.4 Å². The molecule has 0 unspecified atom stereocenters. The lowest BCUT2D eigenvalue weighted by atomic mass is 10.1. The number of imidazole rings is 1. The maximum atomic E-state index is 13.1. The zero-order valence-corrected chi connectivity index (χ0v) is 17.6. The smallest absolute Gasteiger partial charge is 0.257 e. The second-order valence-electron chi connectivity index (χ2n) is 7.72. The van der Waals surface area contributed by atoms with E-state index < -0.39 is 0 Å². The first-order valence-electron chi connectivity index (χ1n) is 9.96. The van der Waals surface area contributed by atoms with Crippen LogP contribution in [0, 0.1) is 0 Å². The van der Waals surface area contributed by atoms with Crippen molar-refractivity contribution >= 4 is 45.6 Å². The predicted octanol–water partition coefficient (Wildman–Crippen LogP) is 4.68. The molecular formula is C22H18ClN5OS. The minimum atomic E-state index is -0.229. The van der Waals surface area contributed by atoms with E-state index in [2.05, 4.69) is 15.6 Å². The van der Waals surface area contributed by atoms with Crippen molar-refractivity contribution in [3.8, 4) is 10.8 Å². The molecule has 1 aliphatic carbocycles. The van der Waals surface area contributed by atoms with Gasteiger partial charge in [0.25, 0.3) is 5.91 Å². The topological polar surface area (TPSA) is 82.7 Å². The molecule has 3 N–H and O–H groups in total. The maximum absolute atomic E-state index is 13.1. The molecule has 30 heavy (non-hydrogen) atoms. The Labute approximate surface area is 181 Å². The molecule has 4 aromatic rings. The van der Waals surface area contributed by atoms with Crippen molar-refractivity contribution < 1.29 is 4.79 Å². The quantitative estimate of drug-likeness (QED) is 0.436. The minimum absolute atomic E-state index is 0.229. The molecule has 0 saturated carbocycles. The summed E-state index contributed by atoms with van der Waals surface area (Å²) in [6.07, 6.45) is 3.29. The van der Waals surface area contributed by atoms with Crippen LogP contribution in [0.25, 0.3) is 21.9 Å². The number of nitrogens with zero attached hydrogens (tertiary/aromatic N) is 2. The van der Waals surface area contributed by atoms with Gasteiger partial charge in [0.05, 0.1) is 16.8 Å². The van der Waals surface area contributed by atoms with E-state index in [0.29, 0.717) is 21.9 Å². The van der Waals surface area contributed by atoms with E-state index in [0.717, 1.165) is 42.1 Å². The Bertz CT molecular complexity index is 1300. The zero-order valence-electron chi connectivity index (χ0n) is 16.0. The number of carbonyl (C=O) groups is 1. The Morgan fingerprint density at radius 1 is 1.10 bits per heavy atom. The van der Waals surface area contributed by atoms with E-state index in [1.807, 2.05) is 18.2 Å². The number of rotatable bonds is 3. The fraction of sp³-hybridized carbons (Fsp3) is 0.227. The number of halogens is 1. The van der Waals surface area contributed by atoms with Crippen LogP contribution in [0.5, 0.6) is 0 Å². The molecule has 0 radical (unpaired) electrons. The number of aryl methyl sites for hydroxylation is 2. The largest absolute Gasteiger partial charge is 0.336 e. The Kier molecular flexibility index (Phi) is 4.16. The van der Waals surface area contributed by atoms with E-state index in [1.54, 1.807) is 23.5 Å². The Balaban J connectivity index is 1.36. The van der Waals surface area contributed by atoms with Gasteiger partial charge < -0.3 is 15.6 Å². The summed E-state index contributed by atoms with van der Waals surface area (Å²) in [4.78, 5) is 27.2. The number of carbonyl (C=O) groups excluding carboxylic acids is 1. The molecule has 0 atom stereocenters. The number of thiazole rings is 1. The first-order chi connectivity index (χ1) is 14.6. The number of H-pyrrole nitrogens is 1. The van der Waals surface area contributed by atoms with Crippen molar-refractivity contribution in [3.63, 3.8) is 0 Å². The standard InChI is InChI=1S/C22H18ClN5OS/c23-13-7-15(21(29)25-14-5-4-11-9-24-10-12(11)6-14)19-17(8-13)26-20(28-19)22-27-16-2-1-3-18(16)30-22/h4-8,24H,1-3,9-10H2,(H,25,29)(H,26,28). The molecule has 2 aliphatic rings. The summed E-state index contributed by atoms with van der Waals surface area (Å²) in [5.41, 5.74) is 6.21. The molecule has 0 bridgehead atoms. The highest BCUT2D eigenvalue weighted by atomic mass is 35.5. The Morgan fingerprint density at radius 2 is 2.00 bits per heavy atom. The summed E-state index contributed by atoms with van der Waals surface area (Å²) >= 11 is 7.99. The van der Waals surface area contributed by atoms with Crippen LogP contribution in [0.3, 0.4) is 0 Å². The summed E-state index contributed by atoms with van der Waals surface area (Å²) in [6, 6.07) is 9.46. The predicted molar refractivity (Wildman–Crippen MR) is 119 cm³/mol. The van der Waals surface area contributed by atoms with Crippen LogP contribution in [0.1, 0.15) is 38.5 Å². The van der Waals surface area contributed by atoms with Gasteiger partial charge in [-0.25, -0.2) is 9.97 Å². The molecule has 2 aromatic carbocycles.